The van der Waals surface area contributed by atoms with Crippen LogP contribution in [0.4, 0.5) is 0 Å². The quantitative estimate of drug-likeness (QED) is 0.662. The molecule has 1 fully saturated rings. The lowest BCUT2D eigenvalue weighted by molar-refractivity contribution is -0.122. The summed E-state index contributed by atoms with van der Waals surface area (Å²) in [6.07, 6.45) is 0.546. The number of hydrogen-bond donors (Lipinski definition) is 2. The molecule has 1 aliphatic rings. The van der Waals surface area contributed by atoms with Crippen molar-refractivity contribution in [1.29, 1.82) is 0 Å². The molecule has 0 aromatic rings. The van der Waals surface area contributed by atoms with Gasteiger partial charge >= 0.3 is 0 Å². The number of amides is 1. The van der Waals surface area contributed by atoms with Crippen molar-refractivity contribution in [3.63, 3.8) is 0 Å². The van der Waals surface area contributed by atoms with Crippen LogP contribution in [0.5, 0.6) is 0 Å². The number of β-amino-alcohol motifs (C(OH)–C–C–N with tert-alkyl or cyclic N) is 1. The summed E-state index contributed by atoms with van der Waals surface area (Å²) < 4.78 is 0. The Morgan fingerprint density at radius 1 is 1.64 bits per heavy atom. The second kappa shape index (κ2) is 5.32. The molecule has 0 bridgehead atoms. The fraction of sp³-hybridized carbons (Fsp3) is 0.900. The molecule has 0 unspecified atom stereocenters. The molecule has 2 N–H and O–H groups in total. The van der Waals surface area contributed by atoms with Gasteiger partial charge in [-0.2, -0.15) is 0 Å². The van der Waals surface area contributed by atoms with E-state index < -0.39 is 0 Å². The van der Waals surface area contributed by atoms with Crippen molar-refractivity contribution < 1.29 is 9.90 Å². The van der Waals surface area contributed by atoms with Crippen LogP contribution in [0, 0.1) is 5.92 Å². The average molecular weight is 200 g/mol. The second-order valence-corrected chi connectivity index (χ2v) is 4.38. The van der Waals surface area contributed by atoms with Gasteiger partial charge in [-0.25, -0.2) is 0 Å². The van der Waals surface area contributed by atoms with Crippen LogP contribution in [0.3, 0.4) is 0 Å². The molecule has 0 saturated carbocycles. The van der Waals surface area contributed by atoms with Crippen molar-refractivity contribution in [2.75, 3.05) is 26.2 Å². The summed E-state index contributed by atoms with van der Waals surface area (Å²) in [7, 11) is 0. The van der Waals surface area contributed by atoms with Crippen LogP contribution >= 0.6 is 0 Å². The molecule has 0 aromatic heterocycles. The standard InChI is InChI=1S/C10H20N2O2/c1-8(2)5-11-10(14)7-12-4-3-9(13)6-12/h8-9,13H,3-7H2,1-2H3,(H,11,14)/t9-/m1/s1. The Morgan fingerprint density at radius 3 is 2.86 bits per heavy atom. The molecule has 1 rings (SSSR count). The summed E-state index contributed by atoms with van der Waals surface area (Å²) in [6.45, 7) is 6.75. The van der Waals surface area contributed by atoms with Gasteiger partial charge in [0.2, 0.25) is 5.91 Å². The minimum Gasteiger partial charge on any atom is -0.392 e. The van der Waals surface area contributed by atoms with Crippen molar-refractivity contribution in [2.24, 2.45) is 5.92 Å². The van der Waals surface area contributed by atoms with Crippen LogP contribution < -0.4 is 5.32 Å². The van der Waals surface area contributed by atoms with Gasteiger partial charge in [0.25, 0.3) is 0 Å². The molecule has 0 spiro atoms. The second-order valence-electron chi connectivity index (χ2n) is 4.38. The Kier molecular flexibility index (Phi) is 4.35. The first-order valence-corrected chi connectivity index (χ1v) is 5.25. The number of carbonyl (C=O) groups is 1. The van der Waals surface area contributed by atoms with E-state index in [0.717, 1.165) is 19.5 Å². The highest BCUT2D eigenvalue weighted by atomic mass is 16.3. The van der Waals surface area contributed by atoms with E-state index in [1.807, 2.05) is 4.90 Å². The van der Waals surface area contributed by atoms with Crippen LogP contribution in [0.1, 0.15) is 20.3 Å². The maximum absolute atomic E-state index is 11.4. The van der Waals surface area contributed by atoms with Gasteiger partial charge in [0.1, 0.15) is 0 Å². The predicted molar refractivity (Wildman–Crippen MR) is 54.9 cm³/mol. The number of aliphatic hydroxyl groups is 1. The number of rotatable bonds is 4. The van der Waals surface area contributed by atoms with Gasteiger partial charge in [-0.05, 0) is 12.3 Å². The highest BCUT2D eigenvalue weighted by Gasteiger charge is 2.21. The van der Waals surface area contributed by atoms with Gasteiger partial charge in [-0.15, -0.1) is 0 Å². The van der Waals surface area contributed by atoms with Gasteiger partial charge < -0.3 is 10.4 Å². The lowest BCUT2D eigenvalue weighted by Gasteiger charge is -2.15. The van der Waals surface area contributed by atoms with Crippen molar-refractivity contribution in [2.45, 2.75) is 26.4 Å². The first-order valence-electron chi connectivity index (χ1n) is 5.25. The van der Waals surface area contributed by atoms with Crippen molar-refractivity contribution in [3.05, 3.63) is 0 Å². The number of nitrogens with zero attached hydrogens (tertiary/aromatic N) is 1. The van der Waals surface area contributed by atoms with Gasteiger partial charge in [0.15, 0.2) is 0 Å². The molecular weight excluding hydrogens is 180 g/mol. The number of carbonyl (C=O) groups excluding carboxylic acids is 1. The zero-order valence-corrected chi connectivity index (χ0v) is 8.99. The van der Waals surface area contributed by atoms with Gasteiger partial charge in [-0.1, -0.05) is 13.8 Å². The van der Waals surface area contributed by atoms with E-state index in [4.69, 9.17) is 0 Å². The molecule has 4 heteroatoms. The summed E-state index contributed by atoms with van der Waals surface area (Å²) in [5.74, 6) is 0.552. The largest absolute Gasteiger partial charge is 0.392 e. The van der Waals surface area contributed by atoms with Crippen LogP contribution in [0.25, 0.3) is 0 Å². The summed E-state index contributed by atoms with van der Waals surface area (Å²) >= 11 is 0. The maximum atomic E-state index is 11.4. The monoisotopic (exact) mass is 200 g/mol. The van der Waals surface area contributed by atoms with Gasteiger partial charge in [0, 0.05) is 19.6 Å². The van der Waals surface area contributed by atoms with E-state index in [9.17, 15) is 9.90 Å². The molecule has 1 aliphatic heterocycles. The predicted octanol–water partition coefficient (Wildman–Crippen LogP) is -0.175. The fourth-order valence-electron chi connectivity index (χ4n) is 1.53. The molecule has 14 heavy (non-hydrogen) atoms. The molecule has 82 valence electrons. The third-order valence-electron chi connectivity index (χ3n) is 2.32. The highest BCUT2D eigenvalue weighted by Crippen LogP contribution is 2.07. The minimum absolute atomic E-state index is 0.0628. The highest BCUT2D eigenvalue weighted by molar-refractivity contribution is 5.78. The first kappa shape index (κ1) is 11.5. The molecule has 1 saturated heterocycles. The van der Waals surface area contributed by atoms with Crippen molar-refractivity contribution in [1.82, 2.24) is 10.2 Å². The zero-order valence-electron chi connectivity index (χ0n) is 8.99. The molecule has 4 nitrogen and oxygen atoms in total. The van der Waals surface area contributed by atoms with Crippen LogP contribution in [0.2, 0.25) is 0 Å². The van der Waals surface area contributed by atoms with Gasteiger partial charge in [0.05, 0.1) is 12.6 Å². The van der Waals surface area contributed by atoms with Crippen molar-refractivity contribution in [3.8, 4) is 0 Å². The van der Waals surface area contributed by atoms with Gasteiger partial charge in [-0.3, -0.25) is 9.69 Å². The van der Waals surface area contributed by atoms with Crippen molar-refractivity contribution >= 4 is 5.91 Å². The van der Waals surface area contributed by atoms with Crippen LogP contribution in [-0.4, -0.2) is 48.2 Å². The van der Waals surface area contributed by atoms with Crippen LogP contribution in [0.15, 0.2) is 0 Å². The van der Waals surface area contributed by atoms with E-state index in [2.05, 4.69) is 19.2 Å². The normalized spacial score (nSPS) is 23.0. The molecule has 1 amide bonds. The summed E-state index contributed by atoms with van der Waals surface area (Å²) in [6, 6.07) is 0. The molecule has 1 atom stereocenters. The maximum Gasteiger partial charge on any atom is 0.234 e. The Balaban J connectivity index is 2.14. The Hall–Kier alpha value is -0.610. The minimum atomic E-state index is -0.243. The average Bonchev–Trinajstić information content (AvgIpc) is 2.48. The lowest BCUT2D eigenvalue weighted by Crippen LogP contribution is -2.37. The van der Waals surface area contributed by atoms with Crippen LogP contribution in [-0.2, 0) is 4.79 Å². The zero-order chi connectivity index (χ0) is 10.6. The number of likely N-dealkylation sites (tertiary alicyclic amines) is 1. The van der Waals surface area contributed by atoms with E-state index in [0.29, 0.717) is 19.0 Å². The molecule has 1 heterocycles. The number of hydrogen-bond acceptors (Lipinski definition) is 3. The van der Waals surface area contributed by atoms with E-state index >= 15 is 0 Å². The first-order chi connectivity index (χ1) is 6.58. The molecule has 0 aromatic carbocycles. The molecular formula is C10H20N2O2. The van der Waals surface area contributed by atoms with E-state index in [1.165, 1.54) is 0 Å². The smallest absolute Gasteiger partial charge is 0.234 e. The Bertz CT molecular complexity index is 195. The van der Waals surface area contributed by atoms with E-state index in [1.54, 1.807) is 0 Å². The third-order valence-corrected chi connectivity index (χ3v) is 2.32. The Morgan fingerprint density at radius 2 is 2.36 bits per heavy atom. The molecule has 0 radical (unpaired) electrons. The van der Waals surface area contributed by atoms with E-state index in [-0.39, 0.29) is 12.0 Å². The Labute approximate surface area is 85.3 Å². The lowest BCUT2D eigenvalue weighted by atomic mass is 10.2. The number of aliphatic hydroxyl groups excluding tert-OH is 1. The fourth-order valence-corrected chi connectivity index (χ4v) is 1.53. The summed E-state index contributed by atoms with van der Waals surface area (Å²) in [4.78, 5) is 13.4. The summed E-state index contributed by atoms with van der Waals surface area (Å²) in [5, 5.41) is 12.1. The SMILES string of the molecule is CC(C)CNC(=O)CN1CC[C@@H](O)C1. The summed E-state index contributed by atoms with van der Waals surface area (Å²) in [5.41, 5.74) is 0. The molecule has 0 aliphatic carbocycles. The topological polar surface area (TPSA) is 52.6 Å². The third kappa shape index (κ3) is 4.07. The number of nitrogens with one attached hydrogen (secondary N) is 1.